The van der Waals surface area contributed by atoms with E-state index in [1.165, 1.54) is 42.5 Å². The standard InChI is InChI=1S/C47H50FN6O7PS/c1-30(46(58)60-29-35-11-7-8-23-50-35)52-62(59,61-37-13-3-2-4-14-37)42(48)31-16-19-40-33(24-31)25-41(63-40)43(55)51-38-15-6-5-12-36-17-18-39(54(36)44(38)56)45(57)53-28-34(26-47(53)20-21-47)32-10-9-22-49-27-32/h2-4,7-11,13-14,16,19,22-25,27,30,34,36,38-39,42H,5-6,12,15,17-18,20-21,26,28-29H2,1H3,(H,51,55)(H,52,59)/t30-,34-,36-,38-,39-,42+,62?/m0/s1. The number of ether oxygens (including phenoxy) is 1. The molecule has 3 saturated heterocycles. The van der Waals surface area contributed by atoms with Gasteiger partial charge in [-0.2, -0.15) is 0 Å². The lowest BCUT2D eigenvalue weighted by Crippen LogP contribution is -2.57. The Morgan fingerprint density at radius 2 is 1.78 bits per heavy atom. The summed E-state index contributed by atoms with van der Waals surface area (Å²) in [5.41, 5.74) is 1.50. The van der Waals surface area contributed by atoms with Crippen LogP contribution in [-0.4, -0.2) is 79.7 Å². The Bertz CT molecular complexity index is 2530. The topological polar surface area (TPSA) is 160 Å². The van der Waals surface area contributed by atoms with E-state index in [2.05, 4.69) is 26.4 Å². The monoisotopic (exact) mass is 892 g/mol. The van der Waals surface area contributed by atoms with Crippen molar-refractivity contribution in [1.82, 2.24) is 30.2 Å². The van der Waals surface area contributed by atoms with Crippen molar-refractivity contribution in [2.75, 3.05) is 6.54 Å². The van der Waals surface area contributed by atoms with Crippen molar-refractivity contribution in [1.29, 1.82) is 0 Å². The first-order chi connectivity index (χ1) is 30.5. The number of likely N-dealkylation sites (tertiary alicyclic amines) is 1. The van der Waals surface area contributed by atoms with Crippen LogP contribution in [0.1, 0.15) is 103 Å². The second-order valence-electron chi connectivity index (χ2n) is 17.2. The number of nitrogens with zero attached hydrogens (tertiary/aromatic N) is 4. The molecule has 0 bridgehead atoms. The minimum Gasteiger partial charge on any atom is -0.458 e. The minimum absolute atomic E-state index is 0.00998. The maximum absolute atomic E-state index is 16.7. The van der Waals surface area contributed by atoms with E-state index in [0.29, 0.717) is 40.0 Å². The van der Waals surface area contributed by atoms with Gasteiger partial charge in [0.2, 0.25) is 17.7 Å². The summed E-state index contributed by atoms with van der Waals surface area (Å²) in [6, 6.07) is 20.9. The van der Waals surface area contributed by atoms with Crippen LogP contribution in [0.2, 0.25) is 0 Å². The molecule has 9 rings (SSSR count). The number of hydrogen-bond acceptors (Lipinski definition) is 10. The highest BCUT2D eigenvalue weighted by Gasteiger charge is 2.58. The van der Waals surface area contributed by atoms with Crippen LogP contribution in [0.5, 0.6) is 5.75 Å². The molecule has 2 N–H and O–H groups in total. The van der Waals surface area contributed by atoms with E-state index in [4.69, 9.17) is 9.26 Å². The fourth-order valence-corrected chi connectivity index (χ4v) is 12.4. The molecule has 4 aliphatic rings. The predicted octanol–water partition coefficient (Wildman–Crippen LogP) is 8.23. The van der Waals surface area contributed by atoms with Gasteiger partial charge < -0.3 is 24.4 Å². The molecule has 6 heterocycles. The third-order valence-electron chi connectivity index (χ3n) is 12.9. The molecule has 13 nitrogen and oxygen atoms in total. The summed E-state index contributed by atoms with van der Waals surface area (Å²) in [5, 5.41) is 6.14. The molecule has 1 aliphatic carbocycles. The number of esters is 1. The fourth-order valence-electron chi connectivity index (χ4n) is 9.52. The molecular weight excluding hydrogens is 843 g/mol. The summed E-state index contributed by atoms with van der Waals surface area (Å²) in [6.45, 7) is 1.90. The molecule has 5 aromatic rings. The van der Waals surface area contributed by atoms with Crippen molar-refractivity contribution in [2.45, 2.75) is 113 Å². The van der Waals surface area contributed by atoms with E-state index < -0.39 is 43.4 Å². The van der Waals surface area contributed by atoms with Crippen LogP contribution >= 0.6 is 18.9 Å². The zero-order valence-electron chi connectivity index (χ0n) is 34.9. The number of alkyl halides is 1. The molecule has 3 aromatic heterocycles. The minimum atomic E-state index is -4.52. The molecule has 63 heavy (non-hydrogen) atoms. The van der Waals surface area contributed by atoms with Crippen LogP contribution in [0.15, 0.2) is 104 Å². The fraction of sp³-hybridized carbons (Fsp3) is 0.404. The number of hydrogen-bond donors (Lipinski definition) is 2. The SMILES string of the molecule is C[C@H](NP(=O)(Oc1ccccc1)[C@@H](F)c1ccc2sc(C(=O)N[C@H]3CCCC[C@H]4CC[C@@H](C(=O)N5C[C@@H](c6cccnc6)CC56CC6)N4C3=O)cc2c1)C(=O)OCc1ccccn1. The number of carbonyl (C=O) groups excluding carboxylic acids is 4. The zero-order chi connectivity index (χ0) is 43.7. The number of thiophene rings is 1. The molecule has 3 amide bonds. The first-order valence-electron chi connectivity index (χ1n) is 21.7. The van der Waals surface area contributed by atoms with Gasteiger partial charge in [0.05, 0.1) is 10.6 Å². The number of benzene rings is 2. The van der Waals surface area contributed by atoms with E-state index in [0.717, 1.165) is 50.5 Å². The number of halogens is 1. The van der Waals surface area contributed by atoms with Gasteiger partial charge in [0.15, 0.2) is 0 Å². The third kappa shape index (κ3) is 9.01. The largest absolute Gasteiger partial charge is 0.458 e. The van der Waals surface area contributed by atoms with E-state index in [-0.39, 0.29) is 47.2 Å². The molecule has 2 aromatic carbocycles. The Hall–Kier alpha value is -5.50. The smallest absolute Gasteiger partial charge is 0.355 e. The maximum Gasteiger partial charge on any atom is 0.355 e. The van der Waals surface area contributed by atoms with Crippen molar-refractivity contribution in [3.8, 4) is 5.75 Å². The lowest BCUT2D eigenvalue weighted by Gasteiger charge is -2.37. The molecule has 328 valence electrons. The van der Waals surface area contributed by atoms with Gasteiger partial charge in [-0.25, -0.2) is 9.48 Å². The Kier molecular flexibility index (Phi) is 12.2. The van der Waals surface area contributed by atoms with Crippen molar-refractivity contribution >= 4 is 52.6 Å². The molecular formula is C47H50FN6O7PS. The number of para-hydroxylation sites is 1. The highest BCUT2D eigenvalue weighted by molar-refractivity contribution is 7.57. The van der Waals surface area contributed by atoms with Crippen LogP contribution in [0.25, 0.3) is 10.1 Å². The number of carbonyl (C=O) groups is 4. The average Bonchev–Trinajstić information content (AvgIpc) is 3.58. The number of pyridine rings is 2. The molecule has 3 aliphatic heterocycles. The van der Waals surface area contributed by atoms with Crippen LogP contribution in [0.4, 0.5) is 4.39 Å². The lowest BCUT2D eigenvalue weighted by atomic mass is 9.97. The first-order valence-corrected chi connectivity index (χ1v) is 24.2. The van der Waals surface area contributed by atoms with Gasteiger partial charge in [-0.1, -0.05) is 49.2 Å². The lowest BCUT2D eigenvalue weighted by molar-refractivity contribution is -0.148. The Labute approximate surface area is 369 Å². The molecule has 7 atom stereocenters. The molecule has 1 saturated carbocycles. The van der Waals surface area contributed by atoms with Crippen LogP contribution in [0.3, 0.4) is 0 Å². The number of aromatic nitrogens is 2. The van der Waals surface area contributed by atoms with E-state index in [1.807, 2.05) is 17.2 Å². The van der Waals surface area contributed by atoms with Gasteiger partial charge in [0.25, 0.3) is 5.91 Å². The number of fused-ring (bicyclic) bond motifs is 2. The molecule has 4 fully saturated rings. The number of rotatable bonds is 13. The first kappa shape index (κ1) is 42.8. The van der Waals surface area contributed by atoms with Crippen LogP contribution in [0, 0.1) is 0 Å². The summed E-state index contributed by atoms with van der Waals surface area (Å²) < 4.78 is 43.1. The van der Waals surface area contributed by atoms with Gasteiger partial charge in [-0.15, -0.1) is 11.3 Å². The van der Waals surface area contributed by atoms with Gasteiger partial charge >= 0.3 is 13.5 Å². The van der Waals surface area contributed by atoms with E-state index in [1.54, 1.807) is 65.8 Å². The normalized spacial score (nSPS) is 23.6. The molecule has 16 heteroatoms. The van der Waals surface area contributed by atoms with Crippen LogP contribution < -0.4 is 14.9 Å². The second kappa shape index (κ2) is 17.9. The van der Waals surface area contributed by atoms with E-state index in [9.17, 15) is 23.7 Å². The van der Waals surface area contributed by atoms with Crippen LogP contribution in [-0.2, 0) is 30.3 Å². The Morgan fingerprint density at radius 1 is 0.968 bits per heavy atom. The Morgan fingerprint density at radius 3 is 2.54 bits per heavy atom. The van der Waals surface area contributed by atoms with Gasteiger partial charge in [-0.05, 0) is 117 Å². The Balaban J connectivity index is 0.897. The second-order valence-corrected chi connectivity index (χ2v) is 20.4. The van der Waals surface area contributed by atoms with E-state index >= 15 is 4.39 Å². The van der Waals surface area contributed by atoms with Gasteiger partial charge in [0.1, 0.15) is 30.5 Å². The van der Waals surface area contributed by atoms with Gasteiger partial charge in [-0.3, -0.25) is 33.7 Å². The number of amides is 3. The zero-order valence-corrected chi connectivity index (χ0v) is 36.6. The maximum atomic E-state index is 16.7. The molecule has 1 unspecified atom stereocenters. The van der Waals surface area contributed by atoms with Crippen molar-refractivity contribution in [3.63, 3.8) is 0 Å². The summed E-state index contributed by atoms with van der Waals surface area (Å²) >= 11 is 1.19. The van der Waals surface area contributed by atoms with Crippen molar-refractivity contribution in [2.24, 2.45) is 0 Å². The average molecular weight is 893 g/mol. The van der Waals surface area contributed by atoms with Crippen molar-refractivity contribution < 1.29 is 37.4 Å². The summed E-state index contributed by atoms with van der Waals surface area (Å²) in [4.78, 5) is 68.5. The quantitative estimate of drug-likeness (QED) is 0.0871. The number of nitrogens with one attached hydrogen (secondary N) is 2. The summed E-state index contributed by atoms with van der Waals surface area (Å²) in [6.07, 6.45) is 12.3. The molecule has 0 radical (unpaired) electrons. The third-order valence-corrected chi connectivity index (χ3v) is 16.2. The highest BCUT2D eigenvalue weighted by atomic mass is 32.1. The van der Waals surface area contributed by atoms with Gasteiger partial charge in [0, 0.05) is 47.3 Å². The van der Waals surface area contributed by atoms with Crippen molar-refractivity contribution in [3.05, 3.63) is 125 Å². The summed E-state index contributed by atoms with van der Waals surface area (Å²) in [7, 11) is -4.52. The summed E-state index contributed by atoms with van der Waals surface area (Å²) in [5.74, 6) is -3.31. The molecule has 1 spiro atoms. The predicted molar refractivity (Wildman–Crippen MR) is 236 cm³/mol. The highest BCUT2D eigenvalue weighted by Crippen LogP contribution is 2.58.